The first-order valence-electron chi connectivity index (χ1n) is 6.24. The highest BCUT2D eigenvalue weighted by Gasteiger charge is 2.13. The van der Waals surface area contributed by atoms with Crippen molar-refractivity contribution in [3.63, 3.8) is 0 Å². The van der Waals surface area contributed by atoms with Gasteiger partial charge in [-0.2, -0.15) is 0 Å². The number of rotatable bonds is 5. The number of hydrogen-bond acceptors (Lipinski definition) is 4. The lowest BCUT2D eigenvalue weighted by Gasteiger charge is -2.07. The van der Waals surface area contributed by atoms with Crippen molar-refractivity contribution >= 4 is 26.8 Å². The number of nitrogens with zero attached hydrogens (tertiary/aromatic N) is 2. The third-order valence-corrected chi connectivity index (χ3v) is 4.94. The van der Waals surface area contributed by atoms with E-state index in [4.69, 9.17) is 5.11 Å². The summed E-state index contributed by atoms with van der Waals surface area (Å²) in [6.07, 6.45) is 0. The monoisotopic (exact) mass is 296 g/mol. The molecule has 0 radical (unpaired) electrons. The van der Waals surface area contributed by atoms with Crippen molar-refractivity contribution in [1.29, 1.82) is 0 Å². The summed E-state index contributed by atoms with van der Waals surface area (Å²) in [5, 5.41) is 9.01. The fraction of sp³-hybridized carbons (Fsp3) is 0.385. The van der Waals surface area contributed by atoms with Crippen LogP contribution in [0, 0.1) is 6.92 Å². The van der Waals surface area contributed by atoms with Crippen LogP contribution in [0.5, 0.6) is 0 Å². The molecule has 0 aliphatic heterocycles. The molecular weight excluding hydrogens is 280 g/mol. The molecule has 2 rings (SSSR count). The van der Waals surface area contributed by atoms with Gasteiger partial charge in [0.2, 0.25) is 0 Å². The highest BCUT2D eigenvalue weighted by molar-refractivity contribution is 7.91. The molecule has 1 N–H and O–H groups in total. The third-order valence-electron chi connectivity index (χ3n) is 3.25. The van der Waals surface area contributed by atoms with Gasteiger partial charge in [0, 0.05) is 12.3 Å². The Labute approximate surface area is 117 Å². The molecule has 7 heteroatoms. The van der Waals surface area contributed by atoms with E-state index in [-0.39, 0.29) is 23.6 Å². The van der Waals surface area contributed by atoms with Gasteiger partial charge in [-0.3, -0.25) is 0 Å². The smallest absolute Gasteiger partial charge is 0.335 e. The minimum Gasteiger partial charge on any atom is -0.478 e. The van der Waals surface area contributed by atoms with Gasteiger partial charge < -0.3 is 9.67 Å². The van der Waals surface area contributed by atoms with Gasteiger partial charge in [0.15, 0.2) is 9.84 Å². The molecular formula is C13H16N2O4S. The predicted octanol–water partition coefficient (Wildman–Crippen LogP) is 1.48. The van der Waals surface area contributed by atoms with E-state index >= 15 is 0 Å². The highest BCUT2D eigenvalue weighted by atomic mass is 32.2. The van der Waals surface area contributed by atoms with Crippen molar-refractivity contribution in [3.05, 3.63) is 29.6 Å². The molecule has 0 atom stereocenters. The van der Waals surface area contributed by atoms with E-state index < -0.39 is 15.8 Å². The van der Waals surface area contributed by atoms with Crippen LogP contribution < -0.4 is 0 Å². The quantitative estimate of drug-likeness (QED) is 0.902. The summed E-state index contributed by atoms with van der Waals surface area (Å²) in [6.45, 7) is 3.66. The molecule has 2 aromatic rings. The number of carbonyl (C=O) groups is 1. The Balaban J connectivity index is 2.44. The van der Waals surface area contributed by atoms with E-state index in [0.717, 1.165) is 0 Å². The molecule has 0 saturated heterocycles. The number of aromatic nitrogens is 2. The normalized spacial score (nSPS) is 11.9. The summed E-state index contributed by atoms with van der Waals surface area (Å²) >= 11 is 0. The fourth-order valence-electron chi connectivity index (χ4n) is 2.03. The summed E-state index contributed by atoms with van der Waals surface area (Å²) in [5.74, 6) is -0.223. The number of benzene rings is 1. The fourth-order valence-corrected chi connectivity index (χ4v) is 2.78. The number of imidazole rings is 1. The standard InChI is InChI=1S/C13H16N2O4S/c1-3-20(18,19)7-6-15-9(2)14-11-5-4-10(13(16)17)8-12(11)15/h4-5,8H,3,6-7H2,1-2H3,(H,16,17). The van der Waals surface area contributed by atoms with Crippen LogP contribution >= 0.6 is 0 Å². The van der Waals surface area contributed by atoms with Crippen LogP contribution in [0.2, 0.25) is 0 Å². The molecule has 0 saturated carbocycles. The molecule has 108 valence electrons. The summed E-state index contributed by atoms with van der Waals surface area (Å²) < 4.78 is 24.9. The third kappa shape index (κ3) is 2.82. The van der Waals surface area contributed by atoms with Crippen LogP contribution in [0.1, 0.15) is 23.1 Å². The van der Waals surface area contributed by atoms with Gasteiger partial charge in [0.25, 0.3) is 0 Å². The molecule has 1 aromatic heterocycles. The predicted molar refractivity (Wildman–Crippen MR) is 75.8 cm³/mol. The lowest BCUT2D eigenvalue weighted by Crippen LogP contribution is -2.15. The molecule has 1 aromatic carbocycles. The van der Waals surface area contributed by atoms with Crippen molar-refractivity contribution in [2.24, 2.45) is 0 Å². The minimum absolute atomic E-state index is 0.0209. The van der Waals surface area contributed by atoms with Crippen LogP contribution in [0.15, 0.2) is 18.2 Å². The van der Waals surface area contributed by atoms with Gasteiger partial charge in [0.1, 0.15) is 5.82 Å². The Morgan fingerprint density at radius 3 is 2.70 bits per heavy atom. The van der Waals surface area contributed by atoms with Crippen LogP contribution in [0.4, 0.5) is 0 Å². The molecule has 0 aliphatic rings. The number of carboxylic acid groups (broad SMARTS) is 1. The molecule has 1 heterocycles. The van der Waals surface area contributed by atoms with Crippen molar-refractivity contribution in [1.82, 2.24) is 9.55 Å². The first-order chi connectivity index (χ1) is 9.34. The minimum atomic E-state index is -3.07. The van der Waals surface area contributed by atoms with Gasteiger partial charge in [-0.05, 0) is 25.1 Å². The highest BCUT2D eigenvalue weighted by Crippen LogP contribution is 2.18. The topological polar surface area (TPSA) is 89.3 Å². The van der Waals surface area contributed by atoms with Crippen LogP contribution in [-0.4, -0.2) is 40.6 Å². The summed E-state index contributed by atoms with van der Waals surface area (Å²) in [7, 11) is -3.07. The second kappa shape index (κ2) is 5.24. The van der Waals surface area contributed by atoms with E-state index in [9.17, 15) is 13.2 Å². The van der Waals surface area contributed by atoms with Crippen molar-refractivity contribution < 1.29 is 18.3 Å². The number of aromatic carboxylic acids is 1. The Hall–Kier alpha value is -1.89. The molecule has 6 nitrogen and oxygen atoms in total. The van der Waals surface area contributed by atoms with Crippen LogP contribution in [-0.2, 0) is 16.4 Å². The van der Waals surface area contributed by atoms with Gasteiger partial charge >= 0.3 is 5.97 Å². The van der Waals surface area contributed by atoms with Gasteiger partial charge in [0.05, 0.1) is 22.3 Å². The summed E-state index contributed by atoms with van der Waals surface area (Å²) in [4.78, 5) is 15.3. The van der Waals surface area contributed by atoms with E-state index in [0.29, 0.717) is 16.9 Å². The second-order valence-electron chi connectivity index (χ2n) is 4.56. The molecule has 0 unspecified atom stereocenters. The lowest BCUT2D eigenvalue weighted by atomic mass is 10.2. The Morgan fingerprint density at radius 2 is 2.10 bits per heavy atom. The van der Waals surface area contributed by atoms with E-state index in [1.165, 1.54) is 12.1 Å². The van der Waals surface area contributed by atoms with Crippen molar-refractivity contribution in [3.8, 4) is 0 Å². The number of hydrogen-bond donors (Lipinski definition) is 1. The maximum Gasteiger partial charge on any atom is 0.335 e. The first kappa shape index (κ1) is 14.5. The average Bonchev–Trinajstić information content (AvgIpc) is 2.71. The summed E-state index contributed by atoms with van der Waals surface area (Å²) in [5.41, 5.74) is 1.48. The number of fused-ring (bicyclic) bond motifs is 1. The maximum absolute atomic E-state index is 11.6. The Morgan fingerprint density at radius 1 is 1.40 bits per heavy atom. The zero-order valence-corrected chi connectivity index (χ0v) is 12.1. The SMILES string of the molecule is CCS(=O)(=O)CCn1c(C)nc2ccc(C(=O)O)cc21. The lowest BCUT2D eigenvalue weighted by molar-refractivity contribution is 0.0697. The number of carboxylic acids is 1. The van der Waals surface area contributed by atoms with E-state index in [1.54, 1.807) is 24.5 Å². The first-order valence-corrected chi connectivity index (χ1v) is 8.07. The Kier molecular flexibility index (Phi) is 3.80. The van der Waals surface area contributed by atoms with Gasteiger partial charge in [-0.1, -0.05) is 6.92 Å². The zero-order valence-electron chi connectivity index (χ0n) is 11.3. The van der Waals surface area contributed by atoms with Crippen molar-refractivity contribution in [2.45, 2.75) is 20.4 Å². The zero-order chi connectivity index (χ0) is 14.9. The number of sulfone groups is 1. The van der Waals surface area contributed by atoms with Crippen molar-refractivity contribution in [2.75, 3.05) is 11.5 Å². The molecule has 20 heavy (non-hydrogen) atoms. The van der Waals surface area contributed by atoms with E-state index in [2.05, 4.69) is 4.98 Å². The summed E-state index contributed by atoms with van der Waals surface area (Å²) in [6, 6.07) is 4.65. The molecule has 0 fully saturated rings. The van der Waals surface area contributed by atoms with Gasteiger partial charge in [-0.25, -0.2) is 18.2 Å². The molecule has 0 aliphatic carbocycles. The van der Waals surface area contributed by atoms with E-state index in [1.807, 2.05) is 0 Å². The average molecular weight is 296 g/mol. The maximum atomic E-state index is 11.6. The van der Waals surface area contributed by atoms with Crippen LogP contribution in [0.3, 0.4) is 0 Å². The van der Waals surface area contributed by atoms with Crippen LogP contribution in [0.25, 0.3) is 11.0 Å². The largest absolute Gasteiger partial charge is 0.478 e. The van der Waals surface area contributed by atoms with Gasteiger partial charge in [-0.15, -0.1) is 0 Å². The molecule has 0 amide bonds. The number of aryl methyl sites for hydroxylation is 2. The second-order valence-corrected chi connectivity index (χ2v) is 7.03. The molecule has 0 bridgehead atoms. The molecule has 0 spiro atoms. The Bertz CT molecular complexity index is 762.